The maximum absolute atomic E-state index is 12.8. The zero-order valence-corrected chi connectivity index (χ0v) is 15.0. The van der Waals surface area contributed by atoms with E-state index in [0.717, 1.165) is 11.4 Å². The van der Waals surface area contributed by atoms with Gasteiger partial charge in [0.2, 0.25) is 5.91 Å². The lowest BCUT2D eigenvalue weighted by Crippen LogP contribution is -2.51. The van der Waals surface area contributed by atoms with E-state index in [1.807, 2.05) is 19.1 Å². The standard InChI is InChI=1S/C22H26N2O/c1-3-20(25)24-19-12-8-7-11-18(19)21(15(2)22(24)16-13-14-16)23-17-9-5-4-6-10-17/h4-12,15-16,21-23H,3,13-14H2,1-2H3. The lowest BCUT2D eigenvalue weighted by molar-refractivity contribution is -0.119. The van der Waals surface area contributed by atoms with Crippen LogP contribution in [0.25, 0.3) is 0 Å². The highest BCUT2D eigenvalue weighted by Crippen LogP contribution is 2.50. The quantitative estimate of drug-likeness (QED) is 0.852. The second-order valence-electron chi connectivity index (χ2n) is 7.35. The highest BCUT2D eigenvalue weighted by atomic mass is 16.2. The summed E-state index contributed by atoms with van der Waals surface area (Å²) in [7, 11) is 0. The maximum atomic E-state index is 12.8. The van der Waals surface area contributed by atoms with Gasteiger partial charge in [-0.1, -0.05) is 50.2 Å². The van der Waals surface area contributed by atoms with E-state index in [9.17, 15) is 4.79 Å². The van der Waals surface area contributed by atoms with Crippen LogP contribution in [-0.2, 0) is 4.79 Å². The molecule has 0 aromatic heterocycles. The van der Waals surface area contributed by atoms with Crippen molar-refractivity contribution in [3.63, 3.8) is 0 Å². The lowest BCUT2D eigenvalue weighted by atomic mass is 9.79. The van der Waals surface area contributed by atoms with Crippen molar-refractivity contribution in [3.8, 4) is 0 Å². The van der Waals surface area contributed by atoms with Crippen LogP contribution in [0.15, 0.2) is 54.6 Å². The van der Waals surface area contributed by atoms with E-state index < -0.39 is 0 Å². The molecule has 4 rings (SSSR count). The van der Waals surface area contributed by atoms with Crippen LogP contribution in [0.1, 0.15) is 44.7 Å². The van der Waals surface area contributed by atoms with Gasteiger partial charge >= 0.3 is 0 Å². The van der Waals surface area contributed by atoms with Crippen LogP contribution in [0.2, 0.25) is 0 Å². The summed E-state index contributed by atoms with van der Waals surface area (Å²) in [6, 6.07) is 19.3. The van der Waals surface area contributed by atoms with Crippen molar-refractivity contribution in [1.29, 1.82) is 0 Å². The Morgan fingerprint density at radius 1 is 1.08 bits per heavy atom. The number of benzene rings is 2. The van der Waals surface area contributed by atoms with Gasteiger partial charge in [0.15, 0.2) is 0 Å². The highest BCUT2D eigenvalue weighted by Gasteiger charge is 2.47. The van der Waals surface area contributed by atoms with Crippen LogP contribution < -0.4 is 10.2 Å². The van der Waals surface area contributed by atoms with Crippen LogP contribution in [0.3, 0.4) is 0 Å². The van der Waals surface area contributed by atoms with E-state index in [-0.39, 0.29) is 11.9 Å². The number of anilines is 2. The number of carbonyl (C=O) groups is 1. The number of para-hydroxylation sites is 2. The molecule has 1 aliphatic heterocycles. The highest BCUT2D eigenvalue weighted by molar-refractivity contribution is 5.95. The average Bonchev–Trinajstić information content (AvgIpc) is 3.48. The molecule has 1 aliphatic carbocycles. The molecular weight excluding hydrogens is 308 g/mol. The number of fused-ring (bicyclic) bond motifs is 1. The van der Waals surface area contributed by atoms with Gasteiger partial charge in [-0.15, -0.1) is 0 Å². The van der Waals surface area contributed by atoms with E-state index in [4.69, 9.17) is 0 Å². The predicted octanol–water partition coefficient (Wildman–Crippen LogP) is 5.01. The van der Waals surface area contributed by atoms with Crippen LogP contribution in [0, 0.1) is 11.8 Å². The molecule has 1 amide bonds. The second kappa shape index (κ2) is 6.55. The fourth-order valence-corrected chi connectivity index (χ4v) is 4.32. The largest absolute Gasteiger partial charge is 0.378 e. The number of hydrogen-bond donors (Lipinski definition) is 1. The Kier molecular flexibility index (Phi) is 4.24. The average molecular weight is 334 g/mol. The number of nitrogens with one attached hydrogen (secondary N) is 1. The number of amides is 1. The Morgan fingerprint density at radius 3 is 2.44 bits per heavy atom. The summed E-state index contributed by atoms with van der Waals surface area (Å²) < 4.78 is 0. The normalized spacial score (nSPS) is 25.4. The zero-order valence-electron chi connectivity index (χ0n) is 15.0. The summed E-state index contributed by atoms with van der Waals surface area (Å²) >= 11 is 0. The van der Waals surface area contributed by atoms with Gasteiger partial charge in [0, 0.05) is 29.8 Å². The Balaban J connectivity index is 1.77. The van der Waals surface area contributed by atoms with Gasteiger partial charge in [-0.3, -0.25) is 4.79 Å². The molecule has 1 heterocycles. The molecule has 0 spiro atoms. The first-order chi connectivity index (χ1) is 12.2. The van der Waals surface area contributed by atoms with E-state index in [1.54, 1.807) is 0 Å². The Bertz CT molecular complexity index is 754. The van der Waals surface area contributed by atoms with Crippen LogP contribution in [-0.4, -0.2) is 11.9 Å². The van der Waals surface area contributed by atoms with Gasteiger partial charge in [0.05, 0.1) is 6.04 Å². The van der Waals surface area contributed by atoms with Gasteiger partial charge in [-0.2, -0.15) is 0 Å². The van der Waals surface area contributed by atoms with Crippen molar-refractivity contribution < 1.29 is 4.79 Å². The third kappa shape index (κ3) is 2.92. The molecule has 0 radical (unpaired) electrons. The molecule has 1 N–H and O–H groups in total. The molecule has 3 unspecified atom stereocenters. The first-order valence-electron chi connectivity index (χ1n) is 9.43. The summed E-state index contributed by atoms with van der Waals surface area (Å²) in [6.07, 6.45) is 3.03. The third-order valence-corrected chi connectivity index (χ3v) is 5.67. The van der Waals surface area contributed by atoms with Crippen molar-refractivity contribution in [2.75, 3.05) is 10.2 Å². The minimum atomic E-state index is 0.227. The molecule has 2 aromatic rings. The molecule has 0 saturated heterocycles. The van der Waals surface area contributed by atoms with Crippen LogP contribution >= 0.6 is 0 Å². The van der Waals surface area contributed by atoms with Crippen molar-refractivity contribution in [3.05, 3.63) is 60.2 Å². The summed E-state index contributed by atoms with van der Waals surface area (Å²) in [4.78, 5) is 14.9. The van der Waals surface area contributed by atoms with Gasteiger partial charge < -0.3 is 10.2 Å². The van der Waals surface area contributed by atoms with Crippen molar-refractivity contribution in [2.45, 2.75) is 45.2 Å². The molecule has 25 heavy (non-hydrogen) atoms. The molecule has 1 fully saturated rings. The smallest absolute Gasteiger partial charge is 0.226 e. The molecule has 3 atom stereocenters. The van der Waals surface area contributed by atoms with Crippen molar-refractivity contribution in [2.24, 2.45) is 11.8 Å². The van der Waals surface area contributed by atoms with Gasteiger partial charge in [0.25, 0.3) is 0 Å². The Hall–Kier alpha value is -2.29. The fourth-order valence-electron chi connectivity index (χ4n) is 4.32. The minimum Gasteiger partial charge on any atom is -0.378 e. The van der Waals surface area contributed by atoms with Crippen molar-refractivity contribution >= 4 is 17.3 Å². The molecular formula is C22H26N2O. The SMILES string of the molecule is CCC(=O)N1c2ccccc2C(Nc2ccccc2)C(C)C1C1CC1. The zero-order chi connectivity index (χ0) is 17.4. The van der Waals surface area contributed by atoms with Gasteiger partial charge in [-0.25, -0.2) is 0 Å². The van der Waals surface area contributed by atoms with Crippen LogP contribution in [0.4, 0.5) is 11.4 Å². The molecule has 2 aromatic carbocycles. The Labute approximate surface area is 150 Å². The summed E-state index contributed by atoms with van der Waals surface area (Å²) in [5, 5.41) is 3.74. The predicted molar refractivity (Wildman–Crippen MR) is 103 cm³/mol. The topological polar surface area (TPSA) is 32.3 Å². The lowest BCUT2D eigenvalue weighted by Gasteiger charge is -2.46. The summed E-state index contributed by atoms with van der Waals surface area (Å²) in [6.45, 7) is 4.27. The van der Waals surface area contributed by atoms with Crippen molar-refractivity contribution in [1.82, 2.24) is 0 Å². The van der Waals surface area contributed by atoms with Gasteiger partial charge in [-0.05, 0) is 42.5 Å². The number of nitrogens with zero attached hydrogens (tertiary/aromatic N) is 1. The molecule has 130 valence electrons. The molecule has 1 saturated carbocycles. The molecule has 2 aliphatic rings. The number of carbonyl (C=O) groups excluding carboxylic acids is 1. The van der Waals surface area contributed by atoms with Gasteiger partial charge in [0.1, 0.15) is 0 Å². The van der Waals surface area contributed by atoms with E-state index in [1.165, 1.54) is 18.4 Å². The molecule has 3 nitrogen and oxygen atoms in total. The molecule has 3 heteroatoms. The second-order valence-corrected chi connectivity index (χ2v) is 7.35. The number of hydrogen-bond acceptors (Lipinski definition) is 2. The Morgan fingerprint density at radius 2 is 1.76 bits per heavy atom. The summed E-state index contributed by atoms with van der Waals surface area (Å²) in [5.41, 5.74) is 3.47. The molecule has 0 bridgehead atoms. The minimum absolute atomic E-state index is 0.227. The van der Waals surface area contributed by atoms with E-state index in [0.29, 0.717) is 24.3 Å². The fraction of sp³-hybridized carbons (Fsp3) is 0.409. The third-order valence-electron chi connectivity index (χ3n) is 5.67. The monoisotopic (exact) mass is 334 g/mol. The van der Waals surface area contributed by atoms with Crippen LogP contribution in [0.5, 0.6) is 0 Å². The van der Waals surface area contributed by atoms with E-state index >= 15 is 0 Å². The van der Waals surface area contributed by atoms with E-state index in [2.05, 4.69) is 59.6 Å². The first kappa shape index (κ1) is 16.2. The first-order valence-corrected chi connectivity index (χ1v) is 9.43. The number of rotatable bonds is 4. The maximum Gasteiger partial charge on any atom is 0.226 e. The summed E-state index contributed by atoms with van der Waals surface area (Å²) in [5.74, 6) is 1.26.